The van der Waals surface area contributed by atoms with Crippen LogP contribution < -0.4 is 9.36 Å². The highest BCUT2D eigenvalue weighted by atomic mass is 32.1. The largest absolute Gasteiger partial charge is 0.487 e. The molecule has 0 radical (unpaired) electrons. The zero-order valence-corrected chi connectivity index (χ0v) is 10.8. The smallest absolute Gasteiger partial charge is 0.371 e. The lowest BCUT2D eigenvalue weighted by Gasteiger charge is -2.14. The molecule has 1 aromatic heterocycles. The molecule has 86 valence electrons. The molecule has 1 aromatic rings. The first-order valence-electron chi connectivity index (χ1n) is 4.69. The van der Waals surface area contributed by atoms with E-state index in [-0.39, 0.29) is 0 Å². The molecule has 0 saturated heterocycles. The van der Waals surface area contributed by atoms with Crippen LogP contribution in [0.25, 0.3) is 0 Å². The first-order valence-corrected chi connectivity index (χ1v) is 7.05. The number of thiophene rings is 1. The van der Waals surface area contributed by atoms with Crippen LogP contribution in [-0.4, -0.2) is 20.3 Å². The lowest BCUT2D eigenvalue weighted by Crippen LogP contribution is -2.06. The van der Waals surface area contributed by atoms with Crippen LogP contribution in [0.4, 0.5) is 0 Å². The number of rotatable bonds is 6. The van der Waals surface area contributed by atoms with Gasteiger partial charge in [-0.2, -0.15) is 0 Å². The summed E-state index contributed by atoms with van der Waals surface area (Å²) < 4.78 is 28.3. The van der Waals surface area contributed by atoms with E-state index in [0.29, 0.717) is 22.9 Å². The summed E-state index contributed by atoms with van der Waals surface area (Å²) in [6.45, 7) is 4.29. The molecule has 0 atom stereocenters. The van der Waals surface area contributed by atoms with Crippen molar-refractivity contribution in [1.29, 1.82) is 0 Å². The van der Waals surface area contributed by atoms with Crippen molar-refractivity contribution in [3.63, 3.8) is 0 Å². The minimum Gasteiger partial charge on any atom is -0.487 e. The van der Waals surface area contributed by atoms with Gasteiger partial charge in [-0.3, -0.25) is 4.57 Å². The van der Waals surface area contributed by atoms with Crippen molar-refractivity contribution in [1.82, 2.24) is 0 Å². The Labute approximate surface area is 93.7 Å². The normalized spacial score (nSPS) is 11.7. The van der Waals surface area contributed by atoms with Crippen LogP contribution in [0.1, 0.15) is 13.8 Å². The van der Waals surface area contributed by atoms with Crippen molar-refractivity contribution in [3.8, 4) is 5.06 Å². The Morgan fingerprint density at radius 1 is 1.27 bits per heavy atom. The van der Waals surface area contributed by atoms with E-state index in [4.69, 9.17) is 13.8 Å². The second kappa shape index (κ2) is 5.66. The highest BCUT2D eigenvalue weighted by Gasteiger charge is 2.28. The van der Waals surface area contributed by atoms with Gasteiger partial charge in [0, 0.05) is 0 Å². The molecular formula is C9H15O4PS. The summed E-state index contributed by atoms with van der Waals surface area (Å²) in [5.74, 6) is 0. The van der Waals surface area contributed by atoms with Gasteiger partial charge in [-0.15, -0.1) is 0 Å². The predicted molar refractivity (Wildman–Crippen MR) is 61.4 cm³/mol. The van der Waals surface area contributed by atoms with Gasteiger partial charge in [-0.1, -0.05) is 11.3 Å². The fourth-order valence-corrected chi connectivity index (χ4v) is 3.93. The number of hydrogen-bond acceptors (Lipinski definition) is 5. The maximum absolute atomic E-state index is 12.3. The molecule has 6 heteroatoms. The lowest BCUT2D eigenvalue weighted by atomic mass is 10.6. The maximum Gasteiger partial charge on any atom is 0.371 e. The molecule has 15 heavy (non-hydrogen) atoms. The average Bonchev–Trinajstić information content (AvgIpc) is 2.67. The third kappa shape index (κ3) is 3.05. The molecule has 0 fully saturated rings. The molecule has 0 aromatic carbocycles. The first-order chi connectivity index (χ1) is 7.16. The lowest BCUT2D eigenvalue weighted by molar-refractivity contribution is 0.230. The summed E-state index contributed by atoms with van der Waals surface area (Å²) in [4.78, 5) is 0. The first kappa shape index (κ1) is 12.7. The minimum absolute atomic E-state index is 0.359. The molecule has 0 N–H and O–H groups in total. The second-order valence-corrected chi connectivity index (χ2v) is 5.97. The van der Waals surface area contributed by atoms with Crippen LogP contribution in [0.3, 0.4) is 0 Å². The SMILES string of the molecule is CCOP(=O)(OCC)c1ccc(OC)s1. The van der Waals surface area contributed by atoms with E-state index in [1.54, 1.807) is 33.1 Å². The molecule has 0 aliphatic carbocycles. The summed E-state index contributed by atoms with van der Waals surface area (Å²) in [5.41, 5.74) is 0. The van der Waals surface area contributed by atoms with Crippen LogP contribution in [0.2, 0.25) is 0 Å². The van der Waals surface area contributed by atoms with E-state index >= 15 is 0 Å². The van der Waals surface area contributed by atoms with Gasteiger partial charge in [0.1, 0.15) is 4.62 Å². The van der Waals surface area contributed by atoms with Gasteiger partial charge in [-0.25, -0.2) is 0 Å². The van der Waals surface area contributed by atoms with Gasteiger partial charge in [0.05, 0.1) is 20.3 Å². The third-order valence-electron chi connectivity index (χ3n) is 1.64. The fourth-order valence-electron chi connectivity index (χ4n) is 1.07. The predicted octanol–water partition coefficient (Wildman–Crippen LogP) is 2.65. The number of methoxy groups -OCH3 is 1. The maximum atomic E-state index is 12.3. The number of hydrogen-bond donors (Lipinski definition) is 0. The molecule has 0 unspecified atom stereocenters. The summed E-state index contributed by atoms with van der Waals surface area (Å²) in [6, 6.07) is 3.47. The van der Waals surface area contributed by atoms with Crippen molar-refractivity contribution < 1.29 is 18.3 Å². The topological polar surface area (TPSA) is 44.8 Å². The fraction of sp³-hybridized carbons (Fsp3) is 0.556. The van der Waals surface area contributed by atoms with Gasteiger partial charge >= 0.3 is 7.60 Å². The van der Waals surface area contributed by atoms with Crippen LogP contribution in [0.15, 0.2) is 12.1 Å². The van der Waals surface area contributed by atoms with Gasteiger partial charge in [0.25, 0.3) is 0 Å². The van der Waals surface area contributed by atoms with E-state index in [2.05, 4.69) is 0 Å². The van der Waals surface area contributed by atoms with E-state index < -0.39 is 7.60 Å². The zero-order chi connectivity index (χ0) is 11.3. The monoisotopic (exact) mass is 250 g/mol. The highest BCUT2D eigenvalue weighted by molar-refractivity contribution is 7.69. The molecule has 1 heterocycles. The van der Waals surface area contributed by atoms with Crippen LogP contribution in [-0.2, 0) is 13.6 Å². The average molecular weight is 250 g/mol. The van der Waals surface area contributed by atoms with E-state index in [9.17, 15) is 4.57 Å². The summed E-state index contributed by atoms with van der Waals surface area (Å²) >= 11 is 1.28. The van der Waals surface area contributed by atoms with Crippen molar-refractivity contribution >= 4 is 23.6 Å². The van der Waals surface area contributed by atoms with E-state index in [0.717, 1.165) is 0 Å². The molecule has 1 rings (SSSR count). The van der Waals surface area contributed by atoms with E-state index in [1.165, 1.54) is 11.3 Å². The van der Waals surface area contributed by atoms with Gasteiger partial charge in [-0.05, 0) is 26.0 Å². The Balaban J connectivity index is 2.93. The Morgan fingerprint density at radius 2 is 1.87 bits per heavy atom. The highest BCUT2D eigenvalue weighted by Crippen LogP contribution is 2.49. The second-order valence-electron chi connectivity index (χ2n) is 2.63. The third-order valence-corrected chi connectivity index (χ3v) is 5.32. The van der Waals surface area contributed by atoms with Crippen molar-refractivity contribution in [2.45, 2.75) is 13.8 Å². The van der Waals surface area contributed by atoms with Crippen LogP contribution in [0, 0.1) is 0 Å². The molecule has 0 spiro atoms. The van der Waals surface area contributed by atoms with Crippen LogP contribution >= 0.6 is 18.9 Å². The van der Waals surface area contributed by atoms with E-state index in [1.807, 2.05) is 0 Å². The van der Waals surface area contributed by atoms with Gasteiger partial charge in [0.2, 0.25) is 0 Å². The van der Waals surface area contributed by atoms with Gasteiger partial charge < -0.3 is 13.8 Å². The number of ether oxygens (including phenoxy) is 1. The minimum atomic E-state index is -3.13. The standard InChI is InChI=1S/C9H15O4PS/c1-4-12-14(10,13-5-2)9-7-6-8(11-3)15-9/h6-7H,4-5H2,1-3H3. The zero-order valence-electron chi connectivity index (χ0n) is 9.06. The van der Waals surface area contributed by atoms with Crippen molar-refractivity contribution in [3.05, 3.63) is 12.1 Å². The summed E-state index contributed by atoms with van der Waals surface area (Å²) in [7, 11) is -1.55. The molecule has 0 aliphatic rings. The van der Waals surface area contributed by atoms with Gasteiger partial charge in [0.15, 0.2) is 5.06 Å². The molecule has 0 saturated carbocycles. The van der Waals surface area contributed by atoms with Crippen LogP contribution in [0.5, 0.6) is 5.06 Å². The Kier molecular flexibility index (Phi) is 4.80. The Hall–Kier alpha value is -0.350. The molecule has 0 amide bonds. The molecule has 0 bridgehead atoms. The van der Waals surface area contributed by atoms with Crippen molar-refractivity contribution in [2.24, 2.45) is 0 Å². The summed E-state index contributed by atoms with van der Waals surface area (Å²) in [6.07, 6.45) is 0. The molecular weight excluding hydrogens is 235 g/mol. The molecule has 4 nitrogen and oxygen atoms in total. The Bertz CT molecular complexity index is 340. The van der Waals surface area contributed by atoms with Crippen molar-refractivity contribution in [2.75, 3.05) is 20.3 Å². The molecule has 0 aliphatic heterocycles. The summed E-state index contributed by atoms with van der Waals surface area (Å²) in [5, 5.41) is 0.699. The quantitative estimate of drug-likeness (QED) is 0.728. The Morgan fingerprint density at radius 3 is 2.27 bits per heavy atom.